The van der Waals surface area contributed by atoms with Crippen LogP contribution in [0.15, 0.2) is 24.3 Å². The molecular weight excluding hydrogens is 232 g/mol. The van der Waals surface area contributed by atoms with E-state index in [9.17, 15) is 9.90 Å². The highest BCUT2D eigenvalue weighted by atomic mass is 16.5. The van der Waals surface area contributed by atoms with Gasteiger partial charge in [-0.05, 0) is 18.1 Å². The third-order valence-electron chi connectivity index (χ3n) is 2.97. The van der Waals surface area contributed by atoms with Crippen LogP contribution in [0.1, 0.15) is 5.56 Å². The number of hydrogen-bond donors (Lipinski definition) is 3. The van der Waals surface area contributed by atoms with Crippen molar-refractivity contribution in [2.75, 3.05) is 25.6 Å². The lowest BCUT2D eigenvalue weighted by Gasteiger charge is -2.26. The molecule has 1 unspecified atom stereocenters. The van der Waals surface area contributed by atoms with Crippen molar-refractivity contribution in [3.05, 3.63) is 29.8 Å². The predicted molar refractivity (Wildman–Crippen MR) is 68.4 cm³/mol. The van der Waals surface area contributed by atoms with E-state index in [0.717, 1.165) is 11.3 Å². The number of nitrogens with one attached hydrogen (secondary N) is 2. The van der Waals surface area contributed by atoms with Crippen molar-refractivity contribution in [2.45, 2.75) is 18.6 Å². The van der Waals surface area contributed by atoms with Crippen LogP contribution in [0.3, 0.4) is 0 Å². The Morgan fingerprint density at radius 3 is 3.11 bits per heavy atom. The van der Waals surface area contributed by atoms with Crippen molar-refractivity contribution in [3.8, 4) is 0 Å². The molecule has 1 aliphatic heterocycles. The molecule has 0 spiro atoms. The molecule has 1 amide bonds. The minimum absolute atomic E-state index is 0.0571. The molecule has 1 aliphatic rings. The van der Waals surface area contributed by atoms with E-state index in [1.165, 1.54) is 7.11 Å². The molecule has 0 radical (unpaired) electrons. The largest absolute Gasteiger partial charge is 0.389 e. The predicted octanol–water partition coefficient (Wildman–Crippen LogP) is 0.147. The third-order valence-corrected chi connectivity index (χ3v) is 2.97. The molecule has 0 saturated carbocycles. The molecule has 5 heteroatoms. The van der Waals surface area contributed by atoms with E-state index in [-0.39, 0.29) is 18.6 Å². The Labute approximate surface area is 106 Å². The fourth-order valence-corrected chi connectivity index (χ4v) is 2.05. The average Bonchev–Trinajstić information content (AvgIpc) is 2.36. The summed E-state index contributed by atoms with van der Waals surface area (Å²) < 4.78 is 4.84. The standard InChI is InChI=1S/C13H18N2O3/c1-18-8-10(16)7-14-12-6-9-4-2-3-5-11(9)15-13(12)17/h2-5,10,12,14,16H,6-8H2,1H3,(H,15,17)/t10-,12?/m0/s1. The van der Waals surface area contributed by atoms with Crippen LogP contribution in [-0.4, -0.2) is 43.4 Å². The van der Waals surface area contributed by atoms with Gasteiger partial charge in [-0.15, -0.1) is 0 Å². The molecule has 0 bridgehead atoms. The molecule has 2 atom stereocenters. The maximum Gasteiger partial charge on any atom is 0.241 e. The highest BCUT2D eigenvalue weighted by Gasteiger charge is 2.25. The number of rotatable bonds is 5. The smallest absolute Gasteiger partial charge is 0.241 e. The fraction of sp³-hybridized carbons (Fsp3) is 0.462. The SMILES string of the molecule is COC[C@@H](O)CNC1Cc2ccccc2NC1=O. The Morgan fingerprint density at radius 2 is 2.33 bits per heavy atom. The van der Waals surface area contributed by atoms with Crippen molar-refractivity contribution >= 4 is 11.6 Å². The first-order valence-electron chi connectivity index (χ1n) is 6.00. The second-order valence-electron chi connectivity index (χ2n) is 4.42. The molecule has 0 aromatic heterocycles. The number of ether oxygens (including phenoxy) is 1. The number of hydrogen-bond acceptors (Lipinski definition) is 4. The van der Waals surface area contributed by atoms with Gasteiger partial charge in [0, 0.05) is 19.3 Å². The molecule has 5 nitrogen and oxygen atoms in total. The van der Waals surface area contributed by atoms with Crippen molar-refractivity contribution in [1.29, 1.82) is 0 Å². The summed E-state index contributed by atoms with van der Waals surface area (Å²) in [5.41, 5.74) is 1.98. The Balaban J connectivity index is 1.93. The molecule has 18 heavy (non-hydrogen) atoms. The van der Waals surface area contributed by atoms with Crippen LogP contribution in [0.25, 0.3) is 0 Å². The van der Waals surface area contributed by atoms with Gasteiger partial charge in [-0.2, -0.15) is 0 Å². The van der Waals surface area contributed by atoms with E-state index in [0.29, 0.717) is 13.0 Å². The molecule has 0 aliphatic carbocycles. The van der Waals surface area contributed by atoms with E-state index >= 15 is 0 Å². The third kappa shape index (κ3) is 3.07. The van der Waals surface area contributed by atoms with Crippen LogP contribution < -0.4 is 10.6 Å². The molecule has 3 N–H and O–H groups in total. The minimum Gasteiger partial charge on any atom is -0.389 e. The first-order valence-corrected chi connectivity index (χ1v) is 6.00. The van der Waals surface area contributed by atoms with Gasteiger partial charge in [-0.3, -0.25) is 4.79 Å². The molecular formula is C13H18N2O3. The number of aliphatic hydroxyl groups excluding tert-OH is 1. The first-order chi connectivity index (χ1) is 8.70. The number of carbonyl (C=O) groups is 1. The molecule has 1 heterocycles. The molecule has 98 valence electrons. The fourth-order valence-electron chi connectivity index (χ4n) is 2.05. The maximum absolute atomic E-state index is 11.8. The molecule has 0 saturated heterocycles. The van der Waals surface area contributed by atoms with Gasteiger partial charge < -0.3 is 20.5 Å². The van der Waals surface area contributed by atoms with Gasteiger partial charge in [0.25, 0.3) is 0 Å². The Hall–Kier alpha value is -1.43. The Bertz CT molecular complexity index is 422. The van der Waals surface area contributed by atoms with Crippen molar-refractivity contribution in [3.63, 3.8) is 0 Å². The monoisotopic (exact) mass is 250 g/mol. The van der Waals surface area contributed by atoms with Crippen molar-refractivity contribution in [2.24, 2.45) is 0 Å². The Morgan fingerprint density at radius 1 is 1.56 bits per heavy atom. The second kappa shape index (κ2) is 5.95. The van der Waals surface area contributed by atoms with E-state index in [2.05, 4.69) is 10.6 Å². The van der Waals surface area contributed by atoms with Gasteiger partial charge in [0.2, 0.25) is 5.91 Å². The van der Waals surface area contributed by atoms with Crippen molar-refractivity contribution < 1.29 is 14.6 Å². The van der Waals surface area contributed by atoms with Crippen LogP contribution in [0, 0.1) is 0 Å². The first kappa shape index (κ1) is 13.0. The average molecular weight is 250 g/mol. The number of anilines is 1. The summed E-state index contributed by atoms with van der Waals surface area (Å²) in [5.74, 6) is -0.0571. The summed E-state index contributed by atoms with van der Waals surface area (Å²) in [6.07, 6.45) is 0.0433. The molecule has 0 fully saturated rings. The normalized spacial score (nSPS) is 20.1. The van der Waals surface area contributed by atoms with Crippen LogP contribution in [0.2, 0.25) is 0 Å². The summed E-state index contributed by atoms with van der Waals surface area (Å²) in [7, 11) is 1.53. The number of aliphatic hydroxyl groups is 1. The summed E-state index contributed by atoms with van der Waals surface area (Å²) in [5, 5.41) is 15.4. The molecule has 1 aromatic carbocycles. The number of methoxy groups -OCH3 is 1. The van der Waals surface area contributed by atoms with Gasteiger partial charge in [0.1, 0.15) is 0 Å². The summed E-state index contributed by atoms with van der Waals surface area (Å²) >= 11 is 0. The summed E-state index contributed by atoms with van der Waals surface area (Å²) in [4.78, 5) is 11.8. The van der Waals surface area contributed by atoms with Crippen molar-refractivity contribution in [1.82, 2.24) is 5.32 Å². The van der Waals surface area contributed by atoms with E-state index < -0.39 is 6.10 Å². The molecule has 2 rings (SSSR count). The zero-order valence-corrected chi connectivity index (χ0v) is 10.3. The van der Waals surface area contributed by atoms with Gasteiger partial charge in [0.05, 0.1) is 18.8 Å². The maximum atomic E-state index is 11.8. The number of amides is 1. The number of fused-ring (bicyclic) bond motifs is 1. The Kier molecular flexibility index (Phi) is 4.30. The summed E-state index contributed by atoms with van der Waals surface area (Å²) in [6, 6.07) is 7.44. The van der Waals surface area contributed by atoms with Gasteiger partial charge in [-0.25, -0.2) is 0 Å². The lowest BCUT2D eigenvalue weighted by Crippen LogP contribution is -2.48. The zero-order valence-electron chi connectivity index (χ0n) is 10.3. The number of benzene rings is 1. The minimum atomic E-state index is -0.597. The van der Waals surface area contributed by atoms with Crippen LogP contribution in [0.4, 0.5) is 5.69 Å². The topological polar surface area (TPSA) is 70.6 Å². The van der Waals surface area contributed by atoms with Gasteiger partial charge >= 0.3 is 0 Å². The van der Waals surface area contributed by atoms with E-state index in [1.807, 2.05) is 24.3 Å². The second-order valence-corrected chi connectivity index (χ2v) is 4.42. The summed E-state index contributed by atoms with van der Waals surface area (Å²) in [6.45, 7) is 0.603. The van der Waals surface area contributed by atoms with Gasteiger partial charge in [-0.1, -0.05) is 18.2 Å². The highest BCUT2D eigenvalue weighted by molar-refractivity contribution is 5.97. The van der Waals surface area contributed by atoms with Crippen LogP contribution in [-0.2, 0) is 16.0 Å². The van der Waals surface area contributed by atoms with E-state index in [4.69, 9.17) is 4.74 Å². The number of para-hydroxylation sites is 1. The van der Waals surface area contributed by atoms with E-state index in [1.54, 1.807) is 0 Å². The highest BCUT2D eigenvalue weighted by Crippen LogP contribution is 2.21. The quantitative estimate of drug-likeness (QED) is 0.695. The zero-order chi connectivity index (χ0) is 13.0. The van der Waals surface area contributed by atoms with Gasteiger partial charge in [0.15, 0.2) is 0 Å². The number of carbonyl (C=O) groups excluding carboxylic acids is 1. The lowest BCUT2D eigenvalue weighted by molar-refractivity contribution is -0.118. The molecule has 1 aromatic rings. The van der Waals surface area contributed by atoms with Crippen LogP contribution >= 0.6 is 0 Å². The lowest BCUT2D eigenvalue weighted by atomic mass is 9.99. The van der Waals surface area contributed by atoms with Crippen LogP contribution in [0.5, 0.6) is 0 Å².